The summed E-state index contributed by atoms with van der Waals surface area (Å²) in [5.41, 5.74) is 2.06. The molecule has 0 aromatic heterocycles. The van der Waals surface area contributed by atoms with Gasteiger partial charge in [-0.15, -0.1) is 0 Å². The van der Waals surface area contributed by atoms with Crippen LogP contribution in [-0.2, 0) is 25.5 Å². The molecule has 0 saturated carbocycles. The summed E-state index contributed by atoms with van der Waals surface area (Å²) >= 11 is 0. The maximum absolute atomic E-state index is 12.8. The van der Waals surface area contributed by atoms with E-state index in [9.17, 15) is 14.4 Å². The van der Waals surface area contributed by atoms with Crippen LogP contribution in [-0.4, -0.2) is 37.0 Å². The second-order valence-corrected chi connectivity index (χ2v) is 6.66. The van der Waals surface area contributed by atoms with Gasteiger partial charge in [-0.1, -0.05) is 30.3 Å². The lowest BCUT2D eigenvalue weighted by molar-refractivity contribution is -0.153. The van der Waals surface area contributed by atoms with E-state index in [1.54, 1.807) is 24.3 Å². The van der Waals surface area contributed by atoms with Crippen LogP contribution < -0.4 is 15.0 Å². The van der Waals surface area contributed by atoms with E-state index in [1.807, 2.05) is 31.2 Å². The highest BCUT2D eigenvalue weighted by atomic mass is 16.5. The van der Waals surface area contributed by atoms with E-state index in [4.69, 9.17) is 9.47 Å². The van der Waals surface area contributed by atoms with E-state index < -0.39 is 18.0 Å². The quantitative estimate of drug-likeness (QED) is 0.728. The summed E-state index contributed by atoms with van der Waals surface area (Å²) < 4.78 is 10.9. The summed E-state index contributed by atoms with van der Waals surface area (Å²) in [7, 11) is 0. The van der Waals surface area contributed by atoms with Crippen molar-refractivity contribution in [2.24, 2.45) is 0 Å². The van der Waals surface area contributed by atoms with Crippen LogP contribution in [0.25, 0.3) is 0 Å². The Morgan fingerprint density at radius 1 is 1.14 bits per heavy atom. The first-order valence-electron chi connectivity index (χ1n) is 9.60. The summed E-state index contributed by atoms with van der Waals surface area (Å²) in [5.74, 6) is -0.465. The van der Waals surface area contributed by atoms with Gasteiger partial charge in [0.25, 0.3) is 5.91 Å². The van der Waals surface area contributed by atoms with Crippen molar-refractivity contribution in [1.29, 1.82) is 0 Å². The van der Waals surface area contributed by atoms with Crippen molar-refractivity contribution in [3.63, 3.8) is 0 Å². The third-order valence-corrected chi connectivity index (χ3v) is 4.56. The Labute approximate surface area is 169 Å². The second-order valence-electron chi connectivity index (χ2n) is 6.66. The number of carbonyl (C=O) groups is 3. The fourth-order valence-electron chi connectivity index (χ4n) is 3.20. The van der Waals surface area contributed by atoms with Crippen molar-refractivity contribution < 1.29 is 23.9 Å². The van der Waals surface area contributed by atoms with Crippen molar-refractivity contribution in [2.45, 2.75) is 32.8 Å². The highest BCUT2D eigenvalue weighted by molar-refractivity contribution is 6.11. The Morgan fingerprint density at radius 2 is 1.86 bits per heavy atom. The van der Waals surface area contributed by atoms with Crippen LogP contribution in [0.1, 0.15) is 25.8 Å². The Kier molecular flexibility index (Phi) is 6.49. The van der Waals surface area contributed by atoms with Crippen LogP contribution in [0, 0.1) is 0 Å². The predicted molar refractivity (Wildman–Crippen MR) is 109 cm³/mol. The summed E-state index contributed by atoms with van der Waals surface area (Å²) in [5, 5.41) is 2.73. The maximum Gasteiger partial charge on any atom is 0.306 e. The molecule has 1 atom stereocenters. The number of benzene rings is 2. The number of aryl methyl sites for hydroxylation is 1. The predicted octanol–water partition coefficient (Wildman–Crippen LogP) is 2.93. The minimum atomic E-state index is -0.997. The number of carbonyl (C=O) groups excluding carboxylic acids is 3. The number of para-hydroxylation sites is 3. The van der Waals surface area contributed by atoms with E-state index in [0.717, 1.165) is 11.3 Å². The highest BCUT2D eigenvalue weighted by Gasteiger charge is 2.31. The molecule has 1 heterocycles. The minimum Gasteiger partial charge on any atom is -0.494 e. The lowest BCUT2D eigenvalue weighted by Crippen LogP contribution is -2.47. The van der Waals surface area contributed by atoms with E-state index in [-0.39, 0.29) is 18.9 Å². The van der Waals surface area contributed by atoms with Crippen LogP contribution in [0.2, 0.25) is 0 Å². The Bertz CT molecular complexity index is 912. The second kappa shape index (κ2) is 9.23. The molecule has 0 unspecified atom stereocenters. The fraction of sp³-hybridized carbons (Fsp3) is 0.318. The molecule has 1 aliphatic heterocycles. The number of hydrogen-bond donors (Lipinski definition) is 1. The van der Waals surface area contributed by atoms with Gasteiger partial charge in [-0.3, -0.25) is 19.3 Å². The first-order valence-corrected chi connectivity index (χ1v) is 9.60. The molecule has 2 aromatic carbocycles. The molecule has 0 fully saturated rings. The molecule has 0 radical (unpaired) electrons. The molecule has 1 N–H and O–H groups in total. The number of nitrogens with one attached hydrogen (secondary N) is 1. The molecule has 3 rings (SSSR count). The zero-order valence-corrected chi connectivity index (χ0v) is 16.5. The summed E-state index contributed by atoms with van der Waals surface area (Å²) in [4.78, 5) is 38.3. The molecule has 1 aliphatic rings. The Hall–Kier alpha value is -3.35. The summed E-state index contributed by atoms with van der Waals surface area (Å²) in [6.07, 6.45) is -0.424. The molecule has 0 aliphatic carbocycles. The van der Waals surface area contributed by atoms with Crippen molar-refractivity contribution in [2.75, 3.05) is 23.4 Å². The Balaban J connectivity index is 1.60. The van der Waals surface area contributed by atoms with E-state index in [2.05, 4.69) is 5.32 Å². The molecule has 2 amide bonds. The standard InChI is InChI=1S/C22H24N2O5/c1-3-28-19-11-7-4-8-16(19)12-13-21(26)29-15(2)22(27)24-14-20(25)23-17-9-5-6-10-18(17)24/h4-11,15H,3,12-14H2,1-2H3,(H,23,25)/t15-/m0/s1. The molecule has 0 saturated heterocycles. The lowest BCUT2D eigenvalue weighted by atomic mass is 10.1. The van der Waals surface area contributed by atoms with Crippen molar-refractivity contribution in [3.8, 4) is 5.75 Å². The van der Waals surface area contributed by atoms with E-state index >= 15 is 0 Å². The normalized spacial score (nSPS) is 13.9. The van der Waals surface area contributed by atoms with Gasteiger partial charge in [0.2, 0.25) is 5.91 Å². The molecular weight excluding hydrogens is 372 g/mol. The molecule has 7 heteroatoms. The van der Waals surface area contributed by atoms with Gasteiger partial charge in [-0.2, -0.15) is 0 Å². The van der Waals surface area contributed by atoms with Crippen molar-refractivity contribution in [3.05, 3.63) is 54.1 Å². The lowest BCUT2D eigenvalue weighted by Gasteiger charge is -2.30. The molecule has 0 bridgehead atoms. The van der Waals surface area contributed by atoms with Gasteiger partial charge in [0, 0.05) is 6.42 Å². The smallest absolute Gasteiger partial charge is 0.306 e. The van der Waals surface area contributed by atoms with Crippen LogP contribution in [0.3, 0.4) is 0 Å². The van der Waals surface area contributed by atoms with Crippen LogP contribution >= 0.6 is 0 Å². The molecule has 152 valence electrons. The summed E-state index contributed by atoms with van der Waals surface area (Å²) in [6, 6.07) is 14.5. The SMILES string of the molecule is CCOc1ccccc1CCC(=O)O[C@@H](C)C(=O)N1CC(=O)Nc2ccccc21. The van der Waals surface area contributed by atoms with Crippen molar-refractivity contribution >= 4 is 29.2 Å². The third kappa shape index (κ3) is 4.93. The number of ether oxygens (including phenoxy) is 2. The number of amides is 2. The average Bonchev–Trinajstić information content (AvgIpc) is 2.72. The Morgan fingerprint density at radius 3 is 2.66 bits per heavy atom. The zero-order valence-electron chi connectivity index (χ0n) is 16.5. The highest BCUT2D eigenvalue weighted by Crippen LogP contribution is 2.29. The number of anilines is 2. The van der Waals surface area contributed by atoms with Gasteiger partial charge in [0.15, 0.2) is 6.10 Å². The van der Waals surface area contributed by atoms with Crippen LogP contribution in [0.5, 0.6) is 5.75 Å². The fourth-order valence-corrected chi connectivity index (χ4v) is 3.20. The molecule has 29 heavy (non-hydrogen) atoms. The van der Waals surface area contributed by atoms with Crippen molar-refractivity contribution in [1.82, 2.24) is 0 Å². The first-order chi connectivity index (χ1) is 14.0. The monoisotopic (exact) mass is 396 g/mol. The van der Waals surface area contributed by atoms with Gasteiger partial charge in [0.05, 0.1) is 18.0 Å². The average molecular weight is 396 g/mol. The van der Waals surface area contributed by atoms with Crippen LogP contribution in [0.15, 0.2) is 48.5 Å². The minimum absolute atomic E-state index is 0.112. The number of nitrogens with zero attached hydrogens (tertiary/aromatic N) is 1. The van der Waals surface area contributed by atoms with Gasteiger partial charge in [-0.25, -0.2) is 0 Å². The van der Waals surface area contributed by atoms with E-state index in [0.29, 0.717) is 24.4 Å². The van der Waals surface area contributed by atoms with Gasteiger partial charge in [-0.05, 0) is 44.0 Å². The molecule has 0 spiro atoms. The largest absolute Gasteiger partial charge is 0.494 e. The summed E-state index contributed by atoms with van der Waals surface area (Å²) in [6.45, 7) is 3.85. The maximum atomic E-state index is 12.8. The zero-order chi connectivity index (χ0) is 20.8. The van der Waals surface area contributed by atoms with Gasteiger partial charge >= 0.3 is 5.97 Å². The molecular formula is C22H24N2O5. The number of hydrogen-bond acceptors (Lipinski definition) is 5. The first kappa shape index (κ1) is 20.4. The number of esters is 1. The van der Waals surface area contributed by atoms with E-state index in [1.165, 1.54) is 11.8 Å². The van der Waals surface area contributed by atoms with Crippen LogP contribution in [0.4, 0.5) is 11.4 Å². The third-order valence-electron chi connectivity index (χ3n) is 4.56. The topological polar surface area (TPSA) is 84.9 Å². The molecule has 7 nitrogen and oxygen atoms in total. The molecule has 2 aromatic rings. The van der Waals surface area contributed by atoms with Gasteiger partial charge in [0.1, 0.15) is 12.3 Å². The van der Waals surface area contributed by atoms with Gasteiger partial charge < -0.3 is 14.8 Å². The number of fused-ring (bicyclic) bond motifs is 1. The number of rotatable bonds is 7.